The second-order valence-electron chi connectivity index (χ2n) is 3.71. The Hall–Kier alpha value is -0.860. The largest absolute Gasteiger partial charge is 0.302 e. The lowest BCUT2D eigenvalue weighted by molar-refractivity contribution is 0.0976. The third-order valence-electron chi connectivity index (χ3n) is 2.53. The van der Waals surface area contributed by atoms with E-state index in [9.17, 15) is 4.79 Å². The van der Waals surface area contributed by atoms with Crippen LogP contribution < -0.4 is 0 Å². The van der Waals surface area contributed by atoms with Crippen LogP contribution in [0.15, 0.2) is 18.2 Å². The molecular formula is C11H12ClNO. The predicted octanol–water partition coefficient (Wildman–Crippen LogP) is 2.36. The summed E-state index contributed by atoms with van der Waals surface area (Å²) in [5.74, 6) is 0.201. The molecule has 0 saturated heterocycles. The summed E-state index contributed by atoms with van der Waals surface area (Å²) in [6.45, 7) is 1.66. The van der Waals surface area contributed by atoms with Gasteiger partial charge < -0.3 is 4.90 Å². The number of halogens is 1. The monoisotopic (exact) mass is 209 g/mol. The molecule has 14 heavy (non-hydrogen) atoms. The van der Waals surface area contributed by atoms with Crippen LogP contribution in [0.25, 0.3) is 0 Å². The normalized spacial score (nSPS) is 17.7. The van der Waals surface area contributed by atoms with Crippen LogP contribution in [-0.2, 0) is 6.54 Å². The van der Waals surface area contributed by atoms with Gasteiger partial charge >= 0.3 is 0 Å². The van der Waals surface area contributed by atoms with Crippen LogP contribution in [0.1, 0.15) is 22.3 Å². The van der Waals surface area contributed by atoms with Gasteiger partial charge in [-0.2, -0.15) is 0 Å². The lowest BCUT2D eigenvalue weighted by Crippen LogP contribution is -2.17. The summed E-state index contributed by atoms with van der Waals surface area (Å²) in [5.41, 5.74) is 1.88. The summed E-state index contributed by atoms with van der Waals surface area (Å²) in [7, 11) is 2.02. The molecule has 0 fully saturated rings. The second kappa shape index (κ2) is 3.71. The molecule has 0 amide bonds. The standard InChI is InChI=1S/C11H12ClNO/c1-13-5-4-11(14)10-6-9(12)3-2-8(10)7-13/h2-3,6H,4-5,7H2,1H3. The molecular weight excluding hydrogens is 198 g/mol. The average molecular weight is 210 g/mol. The molecule has 1 aliphatic heterocycles. The molecule has 0 aliphatic carbocycles. The van der Waals surface area contributed by atoms with Gasteiger partial charge in [0.2, 0.25) is 0 Å². The maximum Gasteiger partial charge on any atom is 0.164 e. The smallest absolute Gasteiger partial charge is 0.164 e. The molecule has 0 aromatic heterocycles. The Morgan fingerprint density at radius 3 is 3.00 bits per heavy atom. The minimum absolute atomic E-state index is 0.201. The van der Waals surface area contributed by atoms with E-state index in [0.29, 0.717) is 11.4 Å². The highest BCUT2D eigenvalue weighted by molar-refractivity contribution is 6.31. The van der Waals surface area contributed by atoms with Gasteiger partial charge in [0.1, 0.15) is 0 Å². The maximum absolute atomic E-state index is 11.7. The fourth-order valence-corrected chi connectivity index (χ4v) is 1.92. The van der Waals surface area contributed by atoms with E-state index in [1.807, 2.05) is 19.2 Å². The Labute approximate surface area is 88.5 Å². The number of hydrogen-bond donors (Lipinski definition) is 0. The Balaban J connectivity index is 2.47. The van der Waals surface area contributed by atoms with Gasteiger partial charge in [-0.3, -0.25) is 4.79 Å². The third-order valence-corrected chi connectivity index (χ3v) is 2.77. The highest BCUT2D eigenvalue weighted by atomic mass is 35.5. The number of nitrogens with zero attached hydrogens (tertiary/aromatic N) is 1. The molecule has 74 valence electrons. The first kappa shape index (κ1) is 9.69. The van der Waals surface area contributed by atoms with Crippen molar-refractivity contribution in [1.82, 2.24) is 4.90 Å². The minimum atomic E-state index is 0.201. The summed E-state index contributed by atoms with van der Waals surface area (Å²) < 4.78 is 0. The summed E-state index contributed by atoms with van der Waals surface area (Å²) in [4.78, 5) is 13.9. The number of fused-ring (bicyclic) bond motifs is 1. The lowest BCUT2D eigenvalue weighted by Gasteiger charge is -2.12. The maximum atomic E-state index is 11.7. The van der Waals surface area contributed by atoms with E-state index in [1.165, 1.54) is 0 Å². The number of carbonyl (C=O) groups excluding carboxylic acids is 1. The van der Waals surface area contributed by atoms with Crippen molar-refractivity contribution in [3.05, 3.63) is 34.3 Å². The summed E-state index contributed by atoms with van der Waals surface area (Å²) in [5, 5.41) is 0.640. The van der Waals surface area contributed by atoms with Crippen molar-refractivity contribution in [1.29, 1.82) is 0 Å². The van der Waals surface area contributed by atoms with Crippen LogP contribution in [0.5, 0.6) is 0 Å². The van der Waals surface area contributed by atoms with Crippen LogP contribution in [0.4, 0.5) is 0 Å². The molecule has 0 spiro atoms. The van der Waals surface area contributed by atoms with E-state index in [2.05, 4.69) is 4.90 Å². The van der Waals surface area contributed by atoms with Crippen molar-refractivity contribution in [3.63, 3.8) is 0 Å². The summed E-state index contributed by atoms with van der Waals surface area (Å²) in [6, 6.07) is 5.56. The van der Waals surface area contributed by atoms with Crippen molar-refractivity contribution in [2.45, 2.75) is 13.0 Å². The molecule has 3 heteroatoms. The molecule has 0 N–H and O–H groups in total. The van der Waals surface area contributed by atoms with Gasteiger partial charge in [0.15, 0.2) is 5.78 Å². The van der Waals surface area contributed by atoms with Gasteiger partial charge in [0, 0.05) is 30.1 Å². The van der Waals surface area contributed by atoms with E-state index in [-0.39, 0.29) is 5.78 Å². The molecule has 2 nitrogen and oxygen atoms in total. The quantitative estimate of drug-likeness (QED) is 0.654. The van der Waals surface area contributed by atoms with E-state index in [4.69, 9.17) is 11.6 Å². The summed E-state index contributed by atoms with van der Waals surface area (Å²) in [6.07, 6.45) is 0.587. The van der Waals surface area contributed by atoms with Crippen molar-refractivity contribution < 1.29 is 4.79 Å². The van der Waals surface area contributed by atoms with Crippen molar-refractivity contribution >= 4 is 17.4 Å². The fourth-order valence-electron chi connectivity index (χ4n) is 1.74. The molecule has 0 atom stereocenters. The van der Waals surface area contributed by atoms with Gasteiger partial charge in [0.25, 0.3) is 0 Å². The molecule has 1 heterocycles. The molecule has 0 saturated carbocycles. The molecule has 0 radical (unpaired) electrons. The SMILES string of the molecule is CN1CCC(=O)c2cc(Cl)ccc2C1. The van der Waals surface area contributed by atoms with Gasteiger partial charge in [0.05, 0.1) is 0 Å². The number of carbonyl (C=O) groups is 1. The van der Waals surface area contributed by atoms with Crippen LogP contribution >= 0.6 is 11.6 Å². The summed E-state index contributed by atoms with van der Waals surface area (Å²) >= 11 is 5.87. The van der Waals surface area contributed by atoms with Crippen molar-refractivity contribution in [2.75, 3.05) is 13.6 Å². The first-order valence-corrected chi connectivity index (χ1v) is 5.05. The second-order valence-corrected chi connectivity index (χ2v) is 4.15. The molecule has 2 rings (SSSR count). The first-order chi connectivity index (χ1) is 6.66. The Morgan fingerprint density at radius 1 is 1.43 bits per heavy atom. The molecule has 0 unspecified atom stereocenters. The third kappa shape index (κ3) is 1.81. The minimum Gasteiger partial charge on any atom is -0.302 e. The van der Waals surface area contributed by atoms with Crippen LogP contribution in [0, 0.1) is 0 Å². The lowest BCUT2D eigenvalue weighted by atomic mass is 10.0. The van der Waals surface area contributed by atoms with Gasteiger partial charge in [-0.1, -0.05) is 17.7 Å². The van der Waals surface area contributed by atoms with E-state index in [1.54, 1.807) is 6.07 Å². The zero-order valence-electron chi connectivity index (χ0n) is 8.09. The topological polar surface area (TPSA) is 20.3 Å². The predicted molar refractivity (Wildman–Crippen MR) is 56.7 cm³/mol. The van der Waals surface area contributed by atoms with Gasteiger partial charge in [-0.25, -0.2) is 0 Å². The fraction of sp³-hybridized carbons (Fsp3) is 0.364. The average Bonchev–Trinajstić information content (AvgIpc) is 2.29. The van der Waals surface area contributed by atoms with Crippen molar-refractivity contribution in [2.24, 2.45) is 0 Å². The van der Waals surface area contributed by atoms with E-state index >= 15 is 0 Å². The number of rotatable bonds is 0. The highest BCUT2D eigenvalue weighted by Crippen LogP contribution is 2.21. The van der Waals surface area contributed by atoms with E-state index in [0.717, 1.165) is 24.2 Å². The first-order valence-electron chi connectivity index (χ1n) is 4.67. The Kier molecular flexibility index (Phi) is 2.57. The number of hydrogen-bond acceptors (Lipinski definition) is 2. The molecule has 0 bridgehead atoms. The highest BCUT2D eigenvalue weighted by Gasteiger charge is 2.17. The Bertz CT molecular complexity index is 376. The number of ketones is 1. The van der Waals surface area contributed by atoms with E-state index < -0.39 is 0 Å². The van der Waals surface area contributed by atoms with Crippen molar-refractivity contribution in [3.8, 4) is 0 Å². The zero-order chi connectivity index (χ0) is 10.1. The molecule has 1 aliphatic rings. The van der Waals surface area contributed by atoms with Gasteiger partial charge in [-0.15, -0.1) is 0 Å². The van der Waals surface area contributed by atoms with Gasteiger partial charge in [-0.05, 0) is 24.7 Å². The van der Waals surface area contributed by atoms with Crippen LogP contribution in [-0.4, -0.2) is 24.3 Å². The molecule has 1 aromatic carbocycles. The van der Waals surface area contributed by atoms with Crippen LogP contribution in [0.3, 0.4) is 0 Å². The number of benzene rings is 1. The van der Waals surface area contributed by atoms with Crippen LogP contribution in [0.2, 0.25) is 5.02 Å². The Morgan fingerprint density at radius 2 is 2.21 bits per heavy atom. The zero-order valence-corrected chi connectivity index (χ0v) is 8.84. The number of Topliss-reactive ketones (excluding diaryl/α,β-unsaturated/α-hetero) is 1. The molecule has 1 aromatic rings.